The predicted octanol–water partition coefficient (Wildman–Crippen LogP) is 1.99. The molecule has 0 radical (unpaired) electrons. The third-order valence-corrected chi connectivity index (χ3v) is 7.58. The van der Waals surface area contributed by atoms with E-state index in [1.807, 2.05) is 31.2 Å². The molecule has 5 rings (SSSR count). The van der Waals surface area contributed by atoms with E-state index in [0.717, 1.165) is 64.4 Å². The summed E-state index contributed by atoms with van der Waals surface area (Å²) in [6.45, 7) is 5.19. The molecular formula is C24H30N6O3S. The molecule has 3 N–H and O–H groups in total. The molecule has 10 heteroatoms. The second kappa shape index (κ2) is 8.99. The van der Waals surface area contributed by atoms with Crippen LogP contribution in [-0.2, 0) is 9.84 Å². The molecule has 3 aromatic rings. The zero-order valence-corrected chi connectivity index (χ0v) is 20.3. The number of amides is 1. The second-order valence-corrected chi connectivity index (χ2v) is 11.5. The standard InChI is InChI=1S/C24H30N6O3S/c1-15-23-29-22-17(6-3-7-19(22)27-15)20-13-18-21(28-20)16(14-26-24(18)31)5-4-10-30(23)11-8-25-9-12-34(2,32)33/h3,6-7,13,16,25,28H,4-5,8-12,14H2,1-2H3,(H,26,31). The molecule has 2 aliphatic heterocycles. The number of fused-ring (bicyclic) bond motifs is 3. The SMILES string of the molecule is Cc1nc2cccc3c2nc1N(CCNCCS(C)(=O)=O)CCCC1CNC(=O)c2cc-3[nH]c21. The summed E-state index contributed by atoms with van der Waals surface area (Å²) in [7, 11) is -2.99. The number of aryl methyl sites for hydroxylation is 1. The van der Waals surface area contributed by atoms with Crippen molar-refractivity contribution in [2.75, 3.05) is 49.6 Å². The van der Waals surface area contributed by atoms with Crippen LogP contribution in [0.2, 0.25) is 0 Å². The number of anilines is 1. The molecule has 0 spiro atoms. The summed E-state index contributed by atoms with van der Waals surface area (Å²) in [6.07, 6.45) is 3.11. The number of benzene rings is 1. The lowest BCUT2D eigenvalue weighted by Gasteiger charge is -2.28. The minimum Gasteiger partial charge on any atom is -0.357 e. The van der Waals surface area contributed by atoms with Crippen molar-refractivity contribution >= 4 is 32.6 Å². The molecule has 34 heavy (non-hydrogen) atoms. The van der Waals surface area contributed by atoms with Crippen molar-refractivity contribution in [2.24, 2.45) is 0 Å². The van der Waals surface area contributed by atoms with Gasteiger partial charge in [-0.3, -0.25) is 4.79 Å². The normalized spacial score (nSPS) is 18.0. The summed E-state index contributed by atoms with van der Waals surface area (Å²) in [6, 6.07) is 7.89. The Hall–Kier alpha value is -2.98. The Labute approximate surface area is 199 Å². The van der Waals surface area contributed by atoms with Gasteiger partial charge in [-0.05, 0) is 31.9 Å². The fourth-order valence-electron chi connectivity index (χ4n) is 4.91. The smallest absolute Gasteiger partial charge is 0.253 e. The first kappa shape index (κ1) is 22.8. The zero-order valence-electron chi connectivity index (χ0n) is 19.5. The largest absolute Gasteiger partial charge is 0.357 e. The van der Waals surface area contributed by atoms with Crippen LogP contribution in [0.25, 0.3) is 22.3 Å². The van der Waals surface area contributed by atoms with Gasteiger partial charge < -0.3 is 20.5 Å². The van der Waals surface area contributed by atoms with Gasteiger partial charge in [-0.25, -0.2) is 18.4 Å². The van der Waals surface area contributed by atoms with Gasteiger partial charge in [0.05, 0.1) is 22.5 Å². The van der Waals surface area contributed by atoms with Crippen molar-refractivity contribution in [1.29, 1.82) is 0 Å². The van der Waals surface area contributed by atoms with E-state index in [1.54, 1.807) is 0 Å². The van der Waals surface area contributed by atoms with E-state index in [2.05, 4.69) is 20.5 Å². The Kier molecular flexibility index (Phi) is 6.03. The molecule has 1 amide bonds. The Morgan fingerprint density at radius 3 is 2.88 bits per heavy atom. The van der Waals surface area contributed by atoms with E-state index < -0.39 is 9.84 Å². The lowest BCUT2D eigenvalue weighted by Crippen LogP contribution is -2.37. The van der Waals surface area contributed by atoms with Crippen LogP contribution in [0.1, 0.15) is 40.5 Å². The van der Waals surface area contributed by atoms with E-state index in [9.17, 15) is 13.2 Å². The number of nitrogens with one attached hydrogen (secondary N) is 3. The van der Waals surface area contributed by atoms with Crippen LogP contribution in [0, 0.1) is 6.92 Å². The first-order valence-electron chi connectivity index (χ1n) is 11.7. The van der Waals surface area contributed by atoms with Crippen LogP contribution in [-0.4, -0.2) is 74.0 Å². The quantitative estimate of drug-likeness (QED) is 0.460. The maximum atomic E-state index is 12.5. The molecule has 1 atom stereocenters. The molecule has 2 aromatic heterocycles. The summed E-state index contributed by atoms with van der Waals surface area (Å²) >= 11 is 0. The van der Waals surface area contributed by atoms with Gasteiger partial charge >= 0.3 is 0 Å². The molecule has 0 aliphatic carbocycles. The van der Waals surface area contributed by atoms with Crippen molar-refractivity contribution in [2.45, 2.75) is 25.7 Å². The number of para-hydroxylation sites is 1. The summed E-state index contributed by atoms with van der Waals surface area (Å²) < 4.78 is 22.8. The molecule has 0 saturated carbocycles. The van der Waals surface area contributed by atoms with Crippen molar-refractivity contribution < 1.29 is 13.2 Å². The highest BCUT2D eigenvalue weighted by atomic mass is 32.2. The van der Waals surface area contributed by atoms with Crippen LogP contribution < -0.4 is 15.5 Å². The topological polar surface area (TPSA) is 120 Å². The lowest BCUT2D eigenvalue weighted by molar-refractivity contribution is 0.0939. The van der Waals surface area contributed by atoms with Gasteiger partial charge in [0.25, 0.3) is 5.91 Å². The molecule has 9 nitrogen and oxygen atoms in total. The molecule has 0 fully saturated rings. The van der Waals surface area contributed by atoms with Crippen LogP contribution >= 0.6 is 0 Å². The Bertz CT molecular complexity index is 1350. The fourth-order valence-corrected chi connectivity index (χ4v) is 5.42. The van der Waals surface area contributed by atoms with Gasteiger partial charge in [0.1, 0.15) is 15.4 Å². The minimum atomic E-state index is -2.99. The highest BCUT2D eigenvalue weighted by molar-refractivity contribution is 7.90. The van der Waals surface area contributed by atoms with Gasteiger partial charge in [-0.15, -0.1) is 0 Å². The molecule has 4 heterocycles. The number of aromatic nitrogens is 3. The number of rotatable bonds is 6. The average Bonchev–Trinajstić information content (AvgIpc) is 3.23. The van der Waals surface area contributed by atoms with Gasteiger partial charge in [0, 0.05) is 61.8 Å². The summed E-state index contributed by atoms with van der Waals surface area (Å²) in [5.74, 6) is 1.17. The minimum absolute atomic E-state index is 0.0340. The van der Waals surface area contributed by atoms with Gasteiger partial charge in [0.2, 0.25) is 0 Å². The van der Waals surface area contributed by atoms with Crippen molar-refractivity contribution in [3.63, 3.8) is 0 Å². The van der Waals surface area contributed by atoms with E-state index in [-0.39, 0.29) is 17.6 Å². The highest BCUT2D eigenvalue weighted by Gasteiger charge is 2.29. The monoisotopic (exact) mass is 482 g/mol. The average molecular weight is 483 g/mol. The van der Waals surface area contributed by atoms with E-state index in [0.29, 0.717) is 26.2 Å². The summed E-state index contributed by atoms with van der Waals surface area (Å²) in [4.78, 5) is 28.2. The first-order valence-corrected chi connectivity index (χ1v) is 13.8. The summed E-state index contributed by atoms with van der Waals surface area (Å²) in [5, 5.41) is 6.28. The van der Waals surface area contributed by atoms with E-state index >= 15 is 0 Å². The van der Waals surface area contributed by atoms with Crippen LogP contribution in [0.4, 0.5) is 5.82 Å². The highest BCUT2D eigenvalue weighted by Crippen LogP contribution is 2.35. The van der Waals surface area contributed by atoms with Crippen LogP contribution in [0.5, 0.6) is 0 Å². The Balaban J connectivity index is 1.52. The fraction of sp³-hybridized carbons (Fsp3) is 0.458. The number of carbonyl (C=O) groups excluding carboxylic acids is 1. The lowest BCUT2D eigenvalue weighted by atomic mass is 9.93. The zero-order chi connectivity index (χ0) is 23.9. The third kappa shape index (κ3) is 4.52. The first-order chi connectivity index (χ1) is 16.3. The molecule has 4 bridgehead atoms. The number of aromatic amines is 1. The predicted molar refractivity (Wildman–Crippen MR) is 133 cm³/mol. The van der Waals surface area contributed by atoms with Gasteiger partial charge in [-0.2, -0.15) is 0 Å². The van der Waals surface area contributed by atoms with E-state index in [4.69, 9.17) is 9.97 Å². The van der Waals surface area contributed by atoms with Crippen LogP contribution in [0.15, 0.2) is 24.3 Å². The number of hydrogen-bond donors (Lipinski definition) is 3. The molecule has 180 valence electrons. The number of nitrogens with zero attached hydrogens (tertiary/aromatic N) is 3. The second-order valence-electron chi connectivity index (χ2n) is 9.23. The van der Waals surface area contributed by atoms with E-state index in [1.165, 1.54) is 6.26 Å². The number of sulfone groups is 1. The Morgan fingerprint density at radius 2 is 2.06 bits per heavy atom. The molecule has 0 saturated heterocycles. The van der Waals surface area contributed by atoms with Gasteiger partial charge in [-0.1, -0.05) is 12.1 Å². The Morgan fingerprint density at radius 1 is 1.21 bits per heavy atom. The van der Waals surface area contributed by atoms with Crippen LogP contribution in [0.3, 0.4) is 0 Å². The third-order valence-electron chi connectivity index (χ3n) is 6.63. The van der Waals surface area contributed by atoms with Gasteiger partial charge in [0.15, 0.2) is 5.82 Å². The number of H-pyrrole nitrogens is 1. The number of hydrogen-bond acceptors (Lipinski definition) is 7. The van der Waals surface area contributed by atoms with Crippen molar-refractivity contribution in [1.82, 2.24) is 25.6 Å². The maximum absolute atomic E-state index is 12.5. The molecular weight excluding hydrogens is 452 g/mol. The molecule has 1 aromatic carbocycles. The molecule has 2 aliphatic rings. The van der Waals surface area contributed by atoms with Crippen molar-refractivity contribution in [3.05, 3.63) is 41.2 Å². The van der Waals surface area contributed by atoms with Crippen molar-refractivity contribution in [3.8, 4) is 11.3 Å². The number of carbonyl (C=O) groups is 1. The molecule has 1 unspecified atom stereocenters. The summed E-state index contributed by atoms with van der Waals surface area (Å²) in [5.41, 5.74) is 6.02. The maximum Gasteiger partial charge on any atom is 0.253 e.